The van der Waals surface area contributed by atoms with Gasteiger partial charge in [-0.2, -0.15) is 8.78 Å². The summed E-state index contributed by atoms with van der Waals surface area (Å²) in [6.45, 7) is 0.755. The summed E-state index contributed by atoms with van der Waals surface area (Å²) in [5, 5.41) is 2.12. The lowest BCUT2D eigenvalue weighted by atomic mass is 10.0. The molecule has 3 N–H and O–H groups in total. The monoisotopic (exact) mass is 407 g/mol. The highest BCUT2D eigenvalue weighted by molar-refractivity contribution is 5.83. The van der Waals surface area contributed by atoms with Crippen LogP contribution in [0.1, 0.15) is 31.7 Å². The van der Waals surface area contributed by atoms with Gasteiger partial charge >= 0.3 is 5.92 Å². The van der Waals surface area contributed by atoms with E-state index in [-0.39, 0.29) is 30.9 Å². The van der Waals surface area contributed by atoms with Crippen molar-refractivity contribution in [2.24, 2.45) is 5.73 Å². The number of benzene rings is 1. The maximum absolute atomic E-state index is 13.7. The Kier molecular flexibility index (Phi) is 6.97. The number of likely N-dealkylation sites (tertiary alicyclic amines) is 1. The van der Waals surface area contributed by atoms with Crippen LogP contribution in [0.5, 0.6) is 0 Å². The van der Waals surface area contributed by atoms with E-state index >= 15 is 0 Å². The number of halogens is 5. The van der Waals surface area contributed by atoms with E-state index < -0.39 is 41.4 Å². The van der Waals surface area contributed by atoms with Gasteiger partial charge in [0.2, 0.25) is 5.91 Å². The van der Waals surface area contributed by atoms with Crippen LogP contribution in [0.4, 0.5) is 22.0 Å². The van der Waals surface area contributed by atoms with Crippen LogP contribution in [0.25, 0.3) is 0 Å². The Balaban J connectivity index is 1.92. The van der Waals surface area contributed by atoms with E-state index in [4.69, 9.17) is 5.73 Å². The Hall–Kier alpha value is -2.23. The number of rotatable bonds is 7. The molecule has 0 radical (unpaired) electrons. The summed E-state index contributed by atoms with van der Waals surface area (Å²) in [6, 6.07) is -0.163. The van der Waals surface area contributed by atoms with Crippen molar-refractivity contribution in [3.63, 3.8) is 0 Å². The summed E-state index contributed by atoms with van der Waals surface area (Å²) in [4.78, 5) is 25.2. The van der Waals surface area contributed by atoms with E-state index in [9.17, 15) is 31.5 Å². The summed E-state index contributed by atoms with van der Waals surface area (Å²) < 4.78 is 65.8. The van der Waals surface area contributed by atoms with Crippen molar-refractivity contribution >= 4 is 11.8 Å². The minimum absolute atomic E-state index is 0.110. The molecule has 10 heteroatoms. The minimum atomic E-state index is -3.51. The first kappa shape index (κ1) is 22.1. The molecule has 156 valence electrons. The molecule has 1 unspecified atom stereocenters. The molecule has 0 bridgehead atoms. The van der Waals surface area contributed by atoms with E-state index in [0.717, 1.165) is 0 Å². The van der Waals surface area contributed by atoms with Crippen molar-refractivity contribution in [3.8, 4) is 0 Å². The first-order valence-electron chi connectivity index (χ1n) is 8.83. The summed E-state index contributed by atoms with van der Waals surface area (Å²) in [7, 11) is 0. The second-order valence-corrected chi connectivity index (χ2v) is 7.01. The quantitative estimate of drug-likeness (QED) is 0.537. The summed E-state index contributed by atoms with van der Waals surface area (Å²) in [6.07, 6.45) is 0.815. The average molecular weight is 407 g/mol. The number of nitrogens with one attached hydrogen (secondary N) is 1. The Bertz CT molecular complexity index is 739. The number of carbonyl (C=O) groups is 2. The zero-order chi connectivity index (χ0) is 21.1. The van der Waals surface area contributed by atoms with Gasteiger partial charge in [-0.05, 0) is 30.9 Å². The van der Waals surface area contributed by atoms with E-state index in [1.54, 1.807) is 0 Å². The predicted molar refractivity (Wildman–Crippen MR) is 91.0 cm³/mol. The number of alkyl halides is 2. The lowest BCUT2D eigenvalue weighted by Crippen LogP contribution is -2.47. The van der Waals surface area contributed by atoms with Crippen LogP contribution < -0.4 is 11.1 Å². The van der Waals surface area contributed by atoms with Crippen molar-refractivity contribution < 1.29 is 31.5 Å². The number of hydrogen-bond donors (Lipinski definition) is 2. The molecule has 0 spiro atoms. The molecule has 1 fully saturated rings. The molecule has 5 nitrogen and oxygen atoms in total. The number of carbonyl (C=O) groups excluding carboxylic acids is 2. The van der Waals surface area contributed by atoms with Gasteiger partial charge in [0.1, 0.15) is 5.82 Å². The molecule has 2 amide bonds. The molecular formula is C18H22F5N3O2. The van der Waals surface area contributed by atoms with E-state index in [2.05, 4.69) is 5.32 Å². The van der Waals surface area contributed by atoms with Crippen molar-refractivity contribution in [1.82, 2.24) is 10.2 Å². The largest absolute Gasteiger partial charge is 0.349 e. The number of hydrogen-bond acceptors (Lipinski definition) is 3. The molecule has 0 aromatic heterocycles. The molecule has 1 heterocycles. The highest BCUT2D eigenvalue weighted by Crippen LogP contribution is 2.20. The van der Waals surface area contributed by atoms with Gasteiger partial charge in [-0.1, -0.05) is 0 Å². The molecule has 0 aliphatic carbocycles. The van der Waals surface area contributed by atoms with Crippen LogP contribution in [0.3, 0.4) is 0 Å². The fourth-order valence-electron chi connectivity index (χ4n) is 3.16. The highest BCUT2D eigenvalue weighted by Gasteiger charge is 2.35. The van der Waals surface area contributed by atoms with Gasteiger partial charge in [0.05, 0.1) is 0 Å². The number of amides is 2. The summed E-state index contributed by atoms with van der Waals surface area (Å²) in [5.74, 6) is -8.79. The Morgan fingerprint density at radius 2 is 1.89 bits per heavy atom. The number of nitrogens with zero attached hydrogens (tertiary/aromatic N) is 1. The first-order valence-corrected chi connectivity index (χ1v) is 8.83. The third-order valence-corrected chi connectivity index (χ3v) is 4.60. The zero-order valence-electron chi connectivity index (χ0n) is 15.3. The van der Waals surface area contributed by atoms with Crippen LogP contribution >= 0.6 is 0 Å². The van der Waals surface area contributed by atoms with E-state index in [1.165, 1.54) is 4.90 Å². The number of nitrogens with two attached hydrogens (primary N) is 1. The second-order valence-electron chi connectivity index (χ2n) is 7.01. The highest BCUT2D eigenvalue weighted by atomic mass is 19.3. The van der Waals surface area contributed by atoms with Crippen molar-refractivity contribution in [2.75, 3.05) is 13.1 Å². The van der Waals surface area contributed by atoms with Gasteiger partial charge in [-0.25, -0.2) is 13.2 Å². The third kappa shape index (κ3) is 5.63. The SMILES string of the molecule is CC(F)(F)C(=O)NCC1CCCN1C(=O)C[C@H](N)Cc1cc(F)c(F)cc1F. The molecule has 1 aliphatic heterocycles. The van der Waals surface area contributed by atoms with Gasteiger partial charge in [-0.3, -0.25) is 9.59 Å². The molecule has 1 aromatic carbocycles. The van der Waals surface area contributed by atoms with Gasteiger partial charge in [0, 0.05) is 44.6 Å². The normalized spacial score (nSPS) is 18.2. The summed E-state index contributed by atoms with van der Waals surface area (Å²) >= 11 is 0. The molecule has 28 heavy (non-hydrogen) atoms. The van der Waals surface area contributed by atoms with Crippen molar-refractivity contribution in [1.29, 1.82) is 0 Å². The maximum atomic E-state index is 13.7. The van der Waals surface area contributed by atoms with Crippen LogP contribution in [0.15, 0.2) is 12.1 Å². The molecule has 1 aromatic rings. The molecule has 0 saturated carbocycles. The third-order valence-electron chi connectivity index (χ3n) is 4.60. The van der Waals surface area contributed by atoms with Gasteiger partial charge < -0.3 is 16.0 Å². The molecule has 2 rings (SSSR count). The maximum Gasteiger partial charge on any atom is 0.321 e. The van der Waals surface area contributed by atoms with Crippen LogP contribution in [0, 0.1) is 17.5 Å². The van der Waals surface area contributed by atoms with E-state index in [0.29, 0.717) is 38.4 Å². The molecule has 2 atom stereocenters. The van der Waals surface area contributed by atoms with Crippen molar-refractivity contribution in [2.45, 2.75) is 50.6 Å². The van der Waals surface area contributed by atoms with Gasteiger partial charge in [0.25, 0.3) is 5.91 Å². The predicted octanol–water partition coefficient (Wildman–Crippen LogP) is 2.13. The van der Waals surface area contributed by atoms with Gasteiger partial charge in [0.15, 0.2) is 11.6 Å². The topological polar surface area (TPSA) is 75.4 Å². The fraction of sp³-hybridized carbons (Fsp3) is 0.556. The first-order chi connectivity index (χ1) is 13.0. The zero-order valence-corrected chi connectivity index (χ0v) is 15.3. The lowest BCUT2D eigenvalue weighted by molar-refractivity contribution is -0.143. The Labute approximate surface area is 159 Å². The molecular weight excluding hydrogens is 385 g/mol. The standard InChI is InChI=1S/C18H22F5N3O2/c1-18(22,23)17(28)25-9-12-3-2-4-26(12)16(27)7-11(24)5-10-6-14(20)15(21)8-13(10)19/h6,8,11-12H,2-5,7,9,24H2,1H3,(H,25,28)/t11-,12?/m1/s1. The minimum Gasteiger partial charge on any atom is -0.349 e. The Morgan fingerprint density at radius 1 is 1.25 bits per heavy atom. The second kappa shape index (κ2) is 8.85. The lowest BCUT2D eigenvalue weighted by Gasteiger charge is -2.26. The fourth-order valence-corrected chi connectivity index (χ4v) is 3.16. The Morgan fingerprint density at radius 3 is 2.54 bits per heavy atom. The smallest absolute Gasteiger partial charge is 0.321 e. The van der Waals surface area contributed by atoms with Gasteiger partial charge in [-0.15, -0.1) is 0 Å². The molecule has 1 aliphatic rings. The van der Waals surface area contributed by atoms with Crippen LogP contribution in [0.2, 0.25) is 0 Å². The molecule has 1 saturated heterocycles. The van der Waals surface area contributed by atoms with Crippen LogP contribution in [-0.2, 0) is 16.0 Å². The van der Waals surface area contributed by atoms with Crippen LogP contribution in [-0.4, -0.2) is 47.8 Å². The van der Waals surface area contributed by atoms with E-state index in [1.807, 2.05) is 0 Å². The average Bonchev–Trinajstić information content (AvgIpc) is 3.05. The van der Waals surface area contributed by atoms with Crippen molar-refractivity contribution in [3.05, 3.63) is 35.1 Å². The summed E-state index contributed by atoms with van der Waals surface area (Å²) in [5.41, 5.74) is 5.71.